The highest BCUT2D eigenvalue weighted by Gasteiger charge is 2.29. The van der Waals surface area contributed by atoms with Crippen LogP contribution in [-0.4, -0.2) is 31.5 Å². The minimum Gasteiger partial charge on any atom is -0.444 e. The van der Waals surface area contributed by atoms with Crippen LogP contribution in [-0.2, 0) is 9.47 Å². The fourth-order valence-corrected chi connectivity index (χ4v) is 2.63. The number of hydrogen-bond donors (Lipinski definition) is 1. The third-order valence-electron chi connectivity index (χ3n) is 3.45. The van der Waals surface area contributed by atoms with Crippen molar-refractivity contribution in [1.29, 1.82) is 0 Å². The zero-order valence-electron chi connectivity index (χ0n) is 13.6. The van der Waals surface area contributed by atoms with Gasteiger partial charge in [0.25, 0.3) is 0 Å². The number of carbonyl (C=O) groups excluding carboxylic acids is 1. The maximum absolute atomic E-state index is 11.9. The van der Waals surface area contributed by atoms with Gasteiger partial charge in [-0.15, -0.1) is 0 Å². The number of rotatable bonds is 5. The molecular formula is C17H27NO3. The summed E-state index contributed by atoms with van der Waals surface area (Å²) in [7, 11) is 1.69. The molecule has 0 heterocycles. The second-order valence-corrected chi connectivity index (χ2v) is 6.25. The van der Waals surface area contributed by atoms with E-state index in [0.717, 1.165) is 24.0 Å². The van der Waals surface area contributed by atoms with Gasteiger partial charge in [-0.05, 0) is 44.8 Å². The van der Waals surface area contributed by atoms with Gasteiger partial charge in [-0.2, -0.15) is 0 Å². The van der Waals surface area contributed by atoms with Crippen molar-refractivity contribution in [3.63, 3.8) is 0 Å². The standard InChI is InChI=1S/C17H27NO3/c1-7-13-12(11-20-6)9-10-15(14(13)8-2)18-16(19)21-17(3,4)5/h7-8,12,15H,1-2,9-11H2,3-6H3,(H,18,19). The zero-order chi connectivity index (χ0) is 16.0. The quantitative estimate of drug-likeness (QED) is 0.842. The number of alkyl carbamates (subject to hydrolysis) is 1. The van der Waals surface area contributed by atoms with Crippen LogP contribution >= 0.6 is 0 Å². The van der Waals surface area contributed by atoms with Gasteiger partial charge in [0.15, 0.2) is 0 Å². The first-order valence-electron chi connectivity index (χ1n) is 7.29. The number of amides is 1. The first kappa shape index (κ1) is 17.5. The van der Waals surface area contributed by atoms with Crippen LogP contribution in [0.15, 0.2) is 36.5 Å². The Morgan fingerprint density at radius 1 is 1.29 bits per heavy atom. The molecule has 0 aromatic carbocycles. The maximum atomic E-state index is 11.9. The Kier molecular flexibility index (Phi) is 6.21. The zero-order valence-corrected chi connectivity index (χ0v) is 13.6. The molecule has 0 aliphatic heterocycles. The van der Waals surface area contributed by atoms with Gasteiger partial charge >= 0.3 is 6.09 Å². The maximum Gasteiger partial charge on any atom is 0.408 e. The van der Waals surface area contributed by atoms with Crippen molar-refractivity contribution in [3.05, 3.63) is 36.5 Å². The number of hydrogen-bond acceptors (Lipinski definition) is 3. The van der Waals surface area contributed by atoms with Crippen molar-refractivity contribution in [2.75, 3.05) is 13.7 Å². The van der Waals surface area contributed by atoms with E-state index in [-0.39, 0.29) is 6.04 Å². The summed E-state index contributed by atoms with van der Waals surface area (Å²) in [6.45, 7) is 14.0. The number of methoxy groups -OCH3 is 1. The molecule has 1 N–H and O–H groups in total. The molecule has 1 amide bonds. The van der Waals surface area contributed by atoms with E-state index in [1.807, 2.05) is 26.8 Å². The SMILES string of the molecule is C=CC1=C(C=C)C(NC(=O)OC(C)(C)C)CCC1COC. The molecule has 0 saturated carbocycles. The Hall–Kier alpha value is -1.55. The van der Waals surface area contributed by atoms with Crippen LogP contribution in [0, 0.1) is 5.92 Å². The molecule has 4 nitrogen and oxygen atoms in total. The van der Waals surface area contributed by atoms with Gasteiger partial charge in [-0.1, -0.05) is 25.3 Å². The van der Waals surface area contributed by atoms with E-state index in [1.165, 1.54) is 0 Å². The predicted octanol–water partition coefficient (Wildman–Crippen LogP) is 3.60. The smallest absolute Gasteiger partial charge is 0.408 e. The molecule has 0 bridgehead atoms. The minimum atomic E-state index is -0.503. The molecule has 0 radical (unpaired) electrons. The monoisotopic (exact) mass is 293 g/mol. The second kappa shape index (κ2) is 7.46. The molecule has 21 heavy (non-hydrogen) atoms. The summed E-state index contributed by atoms with van der Waals surface area (Å²) >= 11 is 0. The number of carbonyl (C=O) groups is 1. The van der Waals surface area contributed by atoms with Gasteiger partial charge in [-0.3, -0.25) is 0 Å². The van der Waals surface area contributed by atoms with E-state index in [1.54, 1.807) is 13.2 Å². The van der Waals surface area contributed by atoms with E-state index in [0.29, 0.717) is 12.5 Å². The first-order valence-corrected chi connectivity index (χ1v) is 7.29. The second-order valence-electron chi connectivity index (χ2n) is 6.25. The highest BCUT2D eigenvalue weighted by molar-refractivity contribution is 5.69. The molecular weight excluding hydrogens is 266 g/mol. The molecule has 4 heteroatoms. The molecule has 1 aliphatic carbocycles. The van der Waals surface area contributed by atoms with Crippen LogP contribution in [0.4, 0.5) is 4.79 Å². The van der Waals surface area contributed by atoms with E-state index in [9.17, 15) is 4.79 Å². The number of allylic oxidation sites excluding steroid dienone is 1. The molecule has 0 aromatic heterocycles. The summed E-state index contributed by atoms with van der Waals surface area (Å²) in [5.41, 5.74) is 1.60. The lowest BCUT2D eigenvalue weighted by molar-refractivity contribution is 0.0505. The summed E-state index contributed by atoms with van der Waals surface area (Å²) in [4.78, 5) is 11.9. The Balaban J connectivity index is 2.88. The van der Waals surface area contributed by atoms with Gasteiger partial charge in [0, 0.05) is 13.0 Å². The summed E-state index contributed by atoms with van der Waals surface area (Å²) in [5, 5.41) is 2.92. The molecule has 2 atom stereocenters. The number of ether oxygens (including phenoxy) is 2. The van der Waals surface area contributed by atoms with Crippen LogP contribution in [0.5, 0.6) is 0 Å². The Morgan fingerprint density at radius 2 is 1.90 bits per heavy atom. The molecule has 0 fully saturated rings. The lowest BCUT2D eigenvalue weighted by Gasteiger charge is -2.32. The highest BCUT2D eigenvalue weighted by Crippen LogP contribution is 2.32. The molecule has 0 aromatic rings. The molecule has 118 valence electrons. The van der Waals surface area contributed by atoms with E-state index in [4.69, 9.17) is 9.47 Å². The Labute approximate surface area is 127 Å². The van der Waals surface area contributed by atoms with Crippen molar-refractivity contribution in [2.24, 2.45) is 5.92 Å². The minimum absolute atomic E-state index is 0.0848. The van der Waals surface area contributed by atoms with Gasteiger partial charge in [0.1, 0.15) is 5.60 Å². The van der Waals surface area contributed by atoms with Crippen molar-refractivity contribution in [2.45, 2.75) is 45.3 Å². The summed E-state index contributed by atoms with van der Waals surface area (Å²) in [5.74, 6) is 0.303. The van der Waals surface area contributed by atoms with Gasteiger partial charge < -0.3 is 14.8 Å². The fraction of sp³-hybridized carbons (Fsp3) is 0.588. The average molecular weight is 293 g/mol. The van der Waals surface area contributed by atoms with Crippen LogP contribution in [0.3, 0.4) is 0 Å². The first-order chi connectivity index (χ1) is 9.82. The normalized spacial score (nSPS) is 22.7. The molecule has 1 aliphatic rings. The van der Waals surface area contributed by atoms with Crippen molar-refractivity contribution in [1.82, 2.24) is 5.32 Å². The topological polar surface area (TPSA) is 47.6 Å². The van der Waals surface area contributed by atoms with Gasteiger partial charge in [0.05, 0.1) is 12.6 Å². The largest absolute Gasteiger partial charge is 0.444 e. The van der Waals surface area contributed by atoms with Crippen molar-refractivity contribution >= 4 is 6.09 Å². The fourth-order valence-electron chi connectivity index (χ4n) is 2.63. The lowest BCUT2D eigenvalue weighted by Crippen LogP contribution is -2.42. The number of nitrogens with one attached hydrogen (secondary N) is 1. The van der Waals surface area contributed by atoms with E-state index >= 15 is 0 Å². The highest BCUT2D eigenvalue weighted by atomic mass is 16.6. The average Bonchev–Trinajstić information content (AvgIpc) is 2.37. The summed E-state index contributed by atoms with van der Waals surface area (Å²) in [6.07, 6.45) is 5.00. The van der Waals surface area contributed by atoms with E-state index in [2.05, 4.69) is 18.5 Å². The third-order valence-corrected chi connectivity index (χ3v) is 3.45. The van der Waals surface area contributed by atoms with Crippen LogP contribution in [0.2, 0.25) is 0 Å². The van der Waals surface area contributed by atoms with Crippen LogP contribution < -0.4 is 5.32 Å². The predicted molar refractivity (Wildman–Crippen MR) is 85.2 cm³/mol. The summed E-state index contributed by atoms with van der Waals surface area (Å²) < 4.78 is 10.6. The van der Waals surface area contributed by atoms with Crippen molar-refractivity contribution in [3.8, 4) is 0 Å². The lowest BCUT2D eigenvalue weighted by atomic mass is 9.80. The third kappa shape index (κ3) is 5.05. The van der Waals surface area contributed by atoms with Crippen molar-refractivity contribution < 1.29 is 14.3 Å². The molecule has 1 rings (SSSR count). The Morgan fingerprint density at radius 3 is 2.38 bits per heavy atom. The summed E-state index contributed by atoms with van der Waals surface area (Å²) in [6, 6.07) is -0.0848. The molecule has 0 spiro atoms. The van der Waals surface area contributed by atoms with Crippen LogP contribution in [0.25, 0.3) is 0 Å². The molecule has 0 saturated heterocycles. The van der Waals surface area contributed by atoms with Crippen LogP contribution in [0.1, 0.15) is 33.6 Å². The van der Waals surface area contributed by atoms with Gasteiger partial charge in [-0.25, -0.2) is 4.79 Å². The van der Waals surface area contributed by atoms with E-state index < -0.39 is 11.7 Å². The van der Waals surface area contributed by atoms with Gasteiger partial charge in [0.2, 0.25) is 0 Å². The molecule has 2 unspecified atom stereocenters. The Bertz CT molecular complexity index is 432.